The van der Waals surface area contributed by atoms with Gasteiger partial charge in [-0.1, -0.05) is 0 Å². The second-order valence-electron chi connectivity index (χ2n) is 4.81. The third-order valence-electron chi connectivity index (χ3n) is 3.24. The van der Waals surface area contributed by atoms with Gasteiger partial charge in [0.1, 0.15) is 5.75 Å². The van der Waals surface area contributed by atoms with Gasteiger partial charge in [-0.05, 0) is 30.7 Å². The molecule has 0 spiro atoms. The van der Waals surface area contributed by atoms with Crippen LogP contribution in [-0.4, -0.2) is 52.5 Å². The molecule has 0 aliphatic carbocycles. The van der Waals surface area contributed by atoms with Gasteiger partial charge >= 0.3 is 5.97 Å². The number of carbonyl (C=O) groups excluding carboxylic acids is 2. The van der Waals surface area contributed by atoms with Crippen LogP contribution in [0.1, 0.15) is 12.8 Å². The van der Waals surface area contributed by atoms with Gasteiger partial charge in [-0.2, -0.15) is 0 Å². The minimum atomic E-state index is -0.947. The Morgan fingerprint density at radius 1 is 1.10 bits per heavy atom. The van der Waals surface area contributed by atoms with Crippen LogP contribution in [0.5, 0.6) is 5.75 Å². The van der Waals surface area contributed by atoms with Crippen LogP contribution in [0.4, 0.5) is 5.69 Å². The first-order valence-electron chi connectivity index (χ1n) is 6.56. The van der Waals surface area contributed by atoms with E-state index in [0.29, 0.717) is 5.69 Å². The lowest BCUT2D eigenvalue weighted by Crippen LogP contribution is -2.54. The highest BCUT2D eigenvalue weighted by Gasteiger charge is 2.30. The van der Waals surface area contributed by atoms with Crippen molar-refractivity contribution in [1.29, 1.82) is 0 Å². The average Bonchev–Trinajstić information content (AvgIpc) is 2.42. The molecule has 2 amide bonds. The Balaban J connectivity index is 1.98. The SMILES string of the molecule is O=C(O)CCCN1C(=O)CN(c2ccc(O)cc2)CC1=O. The lowest BCUT2D eigenvalue weighted by atomic mass is 10.2. The summed E-state index contributed by atoms with van der Waals surface area (Å²) in [5.74, 6) is -1.52. The highest BCUT2D eigenvalue weighted by Crippen LogP contribution is 2.20. The number of carboxylic acid groups (broad SMARTS) is 1. The van der Waals surface area contributed by atoms with E-state index >= 15 is 0 Å². The maximum atomic E-state index is 12.0. The Bertz CT molecular complexity index is 537. The number of hydrogen-bond acceptors (Lipinski definition) is 5. The van der Waals surface area contributed by atoms with E-state index in [9.17, 15) is 19.5 Å². The van der Waals surface area contributed by atoms with Crippen molar-refractivity contribution < 1.29 is 24.6 Å². The first kappa shape index (κ1) is 14.8. The molecule has 0 atom stereocenters. The number of hydrogen-bond donors (Lipinski definition) is 2. The van der Waals surface area contributed by atoms with E-state index in [1.807, 2.05) is 0 Å². The van der Waals surface area contributed by atoms with Crippen molar-refractivity contribution in [1.82, 2.24) is 4.90 Å². The summed E-state index contributed by atoms with van der Waals surface area (Å²) in [5, 5.41) is 17.8. The van der Waals surface area contributed by atoms with Gasteiger partial charge in [0, 0.05) is 18.7 Å². The van der Waals surface area contributed by atoms with Crippen molar-refractivity contribution in [3.63, 3.8) is 0 Å². The van der Waals surface area contributed by atoms with Crippen molar-refractivity contribution in [2.75, 3.05) is 24.5 Å². The van der Waals surface area contributed by atoms with Crippen LogP contribution in [0.15, 0.2) is 24.3 Å². The summed E-state index contributed by atoms with van der Waals surface area (Å²) in [5.41, 5.74) is 0.680. The predicted octanol–water partition coefficient (Wildman–Crippen LogP) is 0.432. The molecule has 0 radical (unpaired) electrons. The lowest BCUT2D eigenvalue weighted by molar-refractivity contribution is -0.146. The van der Waals surface area contributed by atoms with E-state index in [2.05, 4.69) is 0 Å². The maximum absolute atomic E-state index is 12.0. The molecule has 7 heteroatoms. The van der Waals surface area contributed by atoms with Crippen molar-refractivity contribution >= 4 is 23.5 Å². The standard InChI is InChI=1S/C14H16N2O5/c17-11-5-3-10(4-6-11)15-8-12(18)16(13(19)9-15)7-1-2-14(20)21/h3-6,17H,1-2,7-9H2,(H,20,21). The monoisotopic (exact) mass is 292 g/mol. The minimum Gasteiger partial charge on any atom is -0.508 e. The summed E-state index contributed by atoms with van der Waals surface area (Å²) >= 11 is 0. The molecule has 112 valence electrons. The summed E-state index contributed by atoms with van der Waals surface area (Å²) in [6.45, 7) is 0.251. The van der Waals surface area contributed by atoms with Crippen molar-refractivity contribution in [3.05, 3.63) is 24.3 Å². The fourth-order valence-electron chi connectivity index (χ4n) is 2.18. The number of benzene rings is 1. The molecule has 0 bridgehead atoms. The van der Waals surface area contributed by atoms with Crippen LogP contribution in [0.2, 0.25) is 0 Å². The fraction of sp³-hybridized carbons (Fsp3) is 0.357. The van der Waals surface area contributed by atoms with Gasteiger partial charge in [0.05, 0.1) is 13.1 Å². The Morgan fingerprint density at radius 3 is 2.19 bits per heavy atom. The Labute approximate surface area is 121 Å². The van der Waals surface area contributed by atoms with Gasteiger partial charge in [-0.3, -0.25) is 19.3 Å². The lowest BCUT2D eigenvalue weighted by Gasteiger charge is -2.34. The molecular weight excluding hydrogens is 276 g/mol. The minimum absolute atomic E-state index is 0.0591. The maximum Gasteiger partial charge on any atom is 0.303 e. The summed E-state index contributed by atoms with van der Waals surface area (Å²) < 4.78 is 0. The Morgan fingerprint density at radius 2 is 1.67 bits per heavy atom. The van der Waals surface area contributed by atoms with Gasteiger partial charge in [-0.15, -0.1) is 0 Å². The van der Waals surface area contributed by atoms with Gasteiger partial charge < -0.3 is 15.1 Å². The highest BCUT2D eigenvalue weighted by molar-refractivity contribution is 6.02. The second-order valence-corrected chi connectivity index (χ2v) is 4.81. The molecule has 0 unspecified atom stereocenters. The summed E-state index contributed by atoms with van der Waals surface area (Å²) in [4.78, 5) is 37.2. The van der Waals surface area contributed by atoms with Gasteiger partial charge in [0.25, 0.3) is 0 Å². The number of amides is 2. The molecule has 21 heavy (non-hydrogen) atoms. The number of anilines is 1. The van der Waals surface area contributed by atoms with Crippen LogP contribution in [0.3, 0.4) is 0 Å². The van der Waals surface area contributed by atoms with E-state index in [0.717, 1.165) is 4.90 Å². The first-order chi connectivity index (χ1) is 9.97. The van der Waals surface area contributed by atoms with Gasteiger partial charge in [0.2, 0.25) is 11.8 Å². The molecule has 2 rings (SSSR count). The number of aromatic hydroxyl groups is 1. The fourth-order valence-corrected chi connectivity index (χ4v) is 2.18. The number of imide groups is 1. The first-order valence-corrected chi connectivity index (χ1v) is 6.56. The van der Waals surface area contributed by atoms with E-state index in [1.54, 1.807) is 17.0 Å². The molecule has 7 nitrogen and oxygen atoms in total. The number of rotatable bonds is 5. The van der Waals surface area contributed by atoms with E-state index in [1.165, 1.54) is 12.1 Å². The van der Waals surface area contributed by atoms with Gasteiger partial charge in [0.15, 0.2) is 0 Å². The molecule has 1 heterocycles. The van der Waals surface area contributed by atoms with E-state index < -0.39 is 5.97 Å². The number of nitrogens with zero attached hydrogens (tertiary/aromatic N) is 2. The highest BCUT2D eigenvalue weighted by atomic mass is 16.4. The zero-order chi connectivity index (χ0) is 15.4. The largest absolute Gasteiger partial charge is 0.508 e. The van der Waals surface area contributed by atoms with Crippen LogP contribution < -0.4 is 4.90 Å². The van der Waals surface area contributed by atoms with Crippen LogP contribution in [0.25, 0.3) is 0 Å². The predicted molar refractivity (Wildman–Crippen MR) is 73.9 cm³/mol. The molecule has 1 saturated heterocycles. The molecule has 1 aliphatic rings. The molecule has 1 aromatic carbocycles. The molecule has 1 aliphatic heterocycles. The zero-order valence-electron chi connectivity index (χ0n) is 11.4. The van der Waals surface area contributed by atoms with Crippen LogP contribution >= 0.6 is 0 Å². The van der Waals surface area contributed by atoms with Crippen LogP contribution in [-0.2, 0) is 14.4 Å². The molecular formula is C14H16N2O5. The van der Waals surface area contributed by atoms with E-state index in [-0.39, 0.29) is 50.0 Å². The molecule has 0 aromatic heterocycles. The quantitative estimate of drug-likeness (QED) is 0.764. The number of aliphatic carboxylic acids is 1. The van der Waals surface area contributed by atoms with Crippen molar-refractivity contribution in [2.45, 2.75) is 12.8 Å². The summed E-state index contributed by atoms with van der Waals surface area (Å²) in [6.07, 6.45) is 0.185. The van der Waals surface area contributed by atoms with E-state index in [4.69, 9.17) is 5.11 Å². The average molecular weight is 292 g/mol. The third kappa shape index (κ3) is 3.71. The van der Waals surface area contributed by atoms with Crippen LogP contribution in [0, 0.1) is 0 Å². The smallest absolute Gasteiger partial charge is 0.303 e. The topological polar surface area (TPSA) is 98.2 Å². The number of carboxylic acids is 1. The number of carbonyl (C=O) groups is 3. The molecule has 2 N–H and O–H groups in total. The summed E-state index contributed by atoms with van der Waals surface area (Å²) in [6, 6.07) is 6.25. The normalized spacial score (nSPS) is 15.4. The number of piperazine rings is 1. The zero-order valence-corrected chi connectivity index (χ0v) is 11.4. The van der Waals surface area contributed by atoms with Crippen molar-refractivity contribution in [3.8, 4) is 5.75 Å². The third-order valence-corrected chi connectivity index (χ3v) is 3.24. The number of phenolic OH excluding ortho intramolecular Hbond substituents is 1. The number of phenols is 1. The van der Waals surface area contributed by atoms with Gasteiger partial charge in [-0.25, -0.2) is 0 Å². The molecule has 1 fully saturated rings. The molecule has 1 aromatic rings. The molecule has 0 saturated carbocycles. The summed E-state index contributed by atoms with van der Waals surface area (Å²) in [7, 11) is 0. The second kappa shape index (κ2) is 6.25. The van der Waals surface area contributed by atoms with Crippen molar-refractivity contribution in [2.24, 2.45) is 0 Å². The Hall–Kier alpha value is -2.57. The Kier molecular flexibility index (Phi) is 4.42.